The molecule has 0 aliphatic heterocycles. The van der Waals surface area contributed by atoms with Crippen molar-refractivity contribution in [1.29, 1.82) is 0 Å². The molecule has 0 radical (unpaired) electrons. The zero-order valence-corrected chi connectivity index (χ0v) is 12.1. The van der Waals surface area contributed by atoms with Crippen molar-refractivity contribution >= 4 is 10.1 Å². The van der Waals surface area contributed by atoms with Gasteiger partial charge >= 0.3 is 0 Å². The van der Waals surface area contributed by atoms with E-state index in [1.165, 1.54) is 6.07 Å². The minimum atomic E-state index is -4.31. The van der Waals surface area contributed by atoms with E-state index in [2.05, 4.69) is 28.2 Å². The number of aryl methyl sites for hydroxylation is 1. The fraction of sp³-hybridized carbons (Fsp3) is 0.500. The maximum absolute atomic E-state index is 10.7. The maximum Gasteiger partial charge on any atom is 0.124 e. The summed E-state index contributed by atoms with van der Waals surface area (Å²) < 4.78 is 33.0. The van der Waals surface area contributed by atoms with Crippen molar-refractivity contribution < 1.29 is 17.5 Å². The van der Waals surface area contributed by atoms with Crippen LogP contribution in [0.25, 0.3) is 0 Å². The van der Waals surface area contributed by atoms with Crippen molar-refractivity contribution in [3.05, 3.63) is 29.3 Å². The first-order valence-corrected chi connectivity index (χ1v) is 6.65. The number of hydrogen-bond donors (Lipinski definition) is 0. The van der Waals surface area contributed by atoms with Crippen LogP contribution in [0.4, 0.5) is 0 Å². The van der Waals surface area contributed by atoms with Gasteiger partial charge in [-0.05, 0) is 31.0 Å². The summed E-state index contributed by atoms with van der Waals surface area (Å²) in [4.78, 5) is -0.123. The molecule has 1 rings (SSSR count). The van der Waals surface area contributed by atoms with Gasteiger partial charge in [0.05, 0.1) is 33.1 Å². The summed E-state index contributed by atoms with van der Waals surface area (Å²) >= 11 is 0. The quantitative estimate of drug-likeness (QED) is 0.567. The lowest BCUT2D eigenvalue weighted by Gasteiger charge is -2.14. The Kier molecular flexibility index (Phi) is 5.32. The van der Waals surface area contributed by atoms with Crippen molar-refractivity contribution in [2.75, 3.05) is 28.2 Å². The molecule has 0 aliphatic carbocycles. The topological polar surface area (TPSA) is 57.2 Å². The molecule has 0 bridgehead atoms. The first kappa shape index (κ1) is 16.1. The fourth-order valence-corrected chi connectivity index (χ4v) is 1.78. The summed E-state index contributed by atoms with van der Waals surface area (Å²) in [6, 6.07) is 4.65. The second-order valence-corrected chi connectivity index (χ2v) is 6.68. The van der Waals surface area contributed by atoms with Crippen LogP contribution < -0.4 is 0 Å². The van der Waals surface area contributed by atoms with Gasteiger partial charge in [-0.15, -0.1) is 0 Å². The van der Waals surface area contributed by atoms with Crippen molar-refractivity contribution in [3.8, 4) is 0 Å². The molecule has 0 unspecified atom stereocenters. The van der Waals surface area contributed by atoms with Gasteiger partial charge in [0, 0.05) is 0 Å². The molecule has 5 heteroatoms. The largest absolute Gasteiger partial charge is 0.744 e. The summed E-state index contributed by atoms with van der Waals surface area (Å²) in [5.41, 5.74) is 1.35. The van der Waals surface area contributed by atoms with Crippen LogP contribution >= 0.6 is 0 Å². The van der Waals surface area contributed by atoms with Crippen molar-refractivity contribution in [1.82, 2.24) is 0 Å². The molecule has 0 fully saturated rings. The average molecular weight is 259 g/mol. The molecule has 0 N–H and O–H groups in total. The van der Waals surface area contributed by atoms with E-state index in [0.29, 0.717) is 5.56 Å². The number of rotatable bonds is 1. The third-order valence-electron chi connectivity index (χ3n) is 1.82. The molecule has 0 aliphatic rings. The van der Waals surface area contributed by atoms with Gasteiger partial charge in [0.15, 0.2) is 0 Å². The SMILES string of the molecule is C[N+](C)(C)C.Cc1cccc(S(=O)(=O)[O-])c1C. The van der Waals surface area contributed by atoms with Gasteiger partial charge < -0.3 is 9.04 Å². The number of nitrogens with zero attached hydrogens (tertiary/aromatic N) is 1. The van der Waals surface area contributed by atoms with Gasteiger partial charge in [0.1, 0.15) is 10.1 Å². The summed E-state index contributed by atoms with van der Waals surface area (Å²) in [7, 11) is 4.19. The van der Waals surface area contributed by atoms with Crippen LogP contribution in [-0.2, 0) is 10.1 Å². The molecule has 0 atom stereocenters. The summed E-state index contributed by atoms with van der Waals surface area (Å²) in [6.07, 6.45) is 0. The lowest BCUT2D eigenvalue weighted by atomic mass is 10.1. The van der Waals surface area contributed by atoms with Crippen LogP contribution in [0.1, 0.15) is 11.1 Å². The monoisotopic (exact) mass is 259 g/mol. The average Bonchev–Trinajstić information content (AvgIpc) is 2.04. The van der Waals surface area contributed by atoms with Gasteiger partial charge in [0.25, 0.3) is 0 Å². The van der Waals surface area contributed by atoms with Gasteiger partial charge in [-0.1, -0.05) is 12.1 Å². The van der Waals surface area contributed by atoms with Gasteiger partial charge in [0.2, 0.25) is 0 Å². The highest BCUT2D eigenvalue weighted by Crippen LogP contribution is 2.17. The Morgan fingerprint density at radius 2 is 1.47 bits per heavy atom. The molecule has 0 saturated heterocycles. The number of quaternary nitrogens is 1. The van der Waals surface area contributed by atoms with Crippen LogP contribution in [-0.4, -0.2) is 45.6 Å². The fourth-order valence-electron chi connectivity index (χ4n) is 0.995. The van der Waals surface area contributed by atoms with E-state index in [4.69, 9.17) is 0 Å². The molecule has 98 valence electrons. The highest BCUT2D eigenvalue weighted by molar-refractivity contribution is 7.85. The molecule has 1 aromatic rings. The summed E-state index contributed by atoms with van der Waals surface area (Å²) in [5.74, 6) is 0. The molecule has 1 aromatic carbocycles. The number of benzene rings is 1. The van der Waals surface area contributed by atoms with Crippen molar-refractivity contribution in [2.24, 2.45) is 0 Å². The predicted octanol–water partition coefficient (Wildman–Crippen LogP) is 1.53. The Morgan fingerprint density at radius 1 is 1.06 bits per heavy atom. The Balaban J connectivity index is 0.000000437. The lowest BCUT2D eigenvalue weighted by Crippen LogP contribution is -2.27. The second-order valence-electron chi connectivity index (χ2n) is 5.34. The van der Waals surface area contributed by atoms with Gasteiger partial charge in [-0.25, -0.2) is 8.42 Å². The normalized spacial score (nSPS) is 11.7. The van der Waals surface area contributed by atoms with E-state index in [1.807, 2.05) is 0 Å². The van der Waals surface area contributed by atoms with Gasteiger partial charge in [-0.2, -0.15) is 0 Å². The minimum Gasteiger partial charge on any atom is -0.744 e. The first-order valence-electron chi connectivity index (χ1n) is 5.24. The minimum absolute atomic E-state index is 0.123. The number of hydrogen-bond acceptors (Lipinski definition) is 3. The van der Waals surface area contributed by atoms with Gasteiger partial charge in [-0.3, -0.25) is 0 Å². The maximum atomic E-state index is 10.7. The van der Waals surface area contributed by atoms with Crippen LogP contribution in [0, 0.1) is 13.8 Å². The molecule has 4 nitrogen and oxygen atoms in total. The standard InChI is InChI=1S/C8H10O3S.C4H12N/c1-6-4-3-5-8(7(6)2)12(9,10)11;1-5(2,3)4/h3-5H,1-2H3,(H,9,10,11);1-4H3/q;+1/p-1. The van der Waals surface area contributed by atoms with Crippen LogP contribution in [0.3, 0.4) is 0 Å². The molecule has 0 spiro atoms. The Morgan fingerprint density at radius 3 is 1.76 bits per heavy atom. The summed E-state index contributed by atoms with van der Waals surface area (Å²) in [6.45, 7) is 3.39. The van der Waals surface area contributed by atoms with Crippen LogP contribution in [0.5, 0.6) is 0 Å². The van der Waals surface area contributed by atoms with E-state index >= 15 is 0 Å². The third kappa shape index (κ3) is 7.10. The molecule has 0 aromatic heterocycles. The highest BCUT2D eigenvalue weighted by atomic mass is 32.2. The van der Waals surface area contributed by atoms with E-state index in [9.17, 15) is 13.0 Å². The van der Waals surface area contributed by atoms with E-state index in [1.54, 1.807) is 26.0 Å². The third-order valence-corrected chi connectivity index (χ3v) is 2.81. The summed E-state index contributed by atoms with van der Waals surface area (Å²) in [5, 5.41) is 0. The van der Waals surface area contributed by atoms with E-state index < -0.39 is 10.1 Å². The zero-order valence-electron chi connectivity index (χ0n) is 11.3. The molecule has 17 heavy (non-hydrogen) atoms. The predicted molar refractivity (Wildman–Crippen MR) is 67.8 cm³/mol. The highest BCUT2D eigenvalue weighted by Gasteiger charge is 2.05. The molecular formula is C12H21NO3S. The Hall–Kier alpha value is -0.910. The lowest BCUT2D eigenvalue weighted by molar-refractivity contribution is -0.849. The first-order chi connectivity index (χ1) is 7.43. The second kappa shape index (κ2) is 5.62. The van der Waals surface area contributed by atoms with Crippen molar-refractivity contribution in [2.45, 2.75) is 18.7 Å². The van der Waals surface area contributed by atoms with Crippen LogP contribution in [0.2, 0.25) is 0 Å². The Bertz CT molecular complexity index is 467. The zero-order chi connectivity index (χ0) is 13.9. The molecule has 0 saturated carbocycles. The Labute approximate surface area is 104 Å². The van der Waals surface area contributed by atoms with E-state index in [-0.39, 0.29) is 4.90 Å². The smallest absolute Gasteiger partial charge is 0.124 e. The van der Waals surface area contributed by atoms with Crippen LogP contribution in [0.15, 0.2) is 23.1 Å². The van der Waals surface area contributed by atoms with Crippen molar-refractivity contribution in [3.63, 3.8) is 0 Å². The van der Waals surface area contributed by atoms with E-state index in [0.717, 1.165) is 10.0 Å². The molecule has 0 heterocycles. The molecule has 0 amide bonds. The molecular weight excluding hydrogens is 238 g/mol.